The molecule has 0 spiro atoms. The Hall–Kier alpha value is -2.01. The summed E-state index contributed by atoms with van der Waals surface area (Å²) >= 11 is 0. The standard InChI is InChI=1S/C14H16N4O/c19-14-8-12(9-16-10-4-5-10)17-13(18-14)7-11-3-1-2-6-15-11/h1-3,6,8,10,16H,4-5,7,9H2,(H,17,18,19). The minimum Gasteiger partial charge on any atom is -0.310 e. The van der Waals surface area contributed by atoms with Crippen LogP contribution in [0.15, 0.2) is 35.3 Å². The van der Waals surface area contributed by atoms with Gasteiger partial charge in [0.1, 0.15) is 5.82 Å². The summed E-state index contributed by atoms with van der Waals surface area (Å²) in [6.07, 6.45) is 4.74. The molecule has 5 nitrogen and oxygen atoms in total. The quantitative estimate of drug-likeness (QED) is 0.837. The minimum absolute atomic E-state index is 0.103. The Morgan fingerprint density at radius 3 is 2.95 bits per heavy atom. The fourth-order valence-electron chi connectivity index (χ4n) is 1.95. The molecule has 2 aromatic rings. The molecule has 19 heavy (non-hydrogen) atoms. The number of aromatic amines is 1. The van der Waals surface area contributed by atoms with Gasteiger partial charge in [-0.3, -0.25) is 9.78 Å². The zero-order valence-electron chi connectivity index (χ0n) is 10.6. The van der Waals surface area contributed by atoms with E-state index in [2.05, 4.69) is 20.3 Å². The molecule has 1 aliphatic carbocycles. The van der Waals surface area contributed by atoms with Gasteiger partial charge in [0.2, 0.25) is 0 Å². The van der Waals surface area contributed by atoms with Crippen molar-refractivity contribution in [3.63, 3.8) is 0 Å². The molecule has 1 fully saturated rings. The summed E-state index contributed by atoms with van der Waals surface area (Å²) in [4.78, 5) is 23.1. The molecule has 0 amide bonds. The third kappa shape index (κ3) is 3.48. The van der Waals surface area contributed by atoms with E-state index in [-0.39, 0.29) is 5.56 Å². The maximum absolute atomic E-state index is 11.6. The van der Waals surface area contributed by atoms with E-state index < -0.39 is 0 Å². The molecule has 2 aromatic heterocycles. The van der Waals surface area contributed by atoms with Gasteiger partial charge in [0.25, 0.3) is 5.56 Å². The van der Waals surface area contributed by atoms with Crippen molar-refractivity contribution in [1.29, 1.82) is 0 Å². The lowest BCUT2D eigenvalue weighted by Crippen LogP contribution is -2.20. The lowest BCUT2D eigenvalue weighted by Gasteiger charge is -2.05. The van der Waals surface area contributed by atoms with Crippen molar-refractivity contribution < 1.29 is 0 Å². The van der Waals surface area contributed by atoms with Crippen LogP contribution in [0.2, 0.25) is 0 Å². The first-order valence-corrected chi connectivity index (χ1v) is 6.52. The van der Waals surface area contributed by atoms with E-state index in [4.69, 9.17) is 0 Å². The maximum Gasteiger partial charge on any atom is 0.251 e. The van der Waals surface area contributed by atoms with E-state index in [9.17, 15) is 4.79 Å². The first-order valence-electron chi connectivity index (χ1n) is 6.52. The largest absolute Gasteiger partial charge is 0.310 e. The van der Waals surface area contributed by atoms with Gasteiger partial charge in [0.15, 0.2) is 0 Å². The van der Waals surface area contributed by atoms with Gasteiger partial charge in [-0.2, -0.15) is 0 Å². The molecular weight excluding hydrogens is 240 g/mol. The van der Waals surface area contributed by atoms with E-state index >= 15 is 0 Å². The molecule has 98 valence electrons. The van der Waals surface area contributed by atoms with Gasteiger partial charge in [0, 0.05) is 37.0 Å². The molecule has 1 saturated carbocycles. The van der Waals surface area contributed by atoms with Gasteiger partial charge < -0.3 is 10.3 Å². The fraction of sp³-hybridized carbons (Fsp3) is 0.357. The summed E-state index contributed by atoms with van der Waals surface area (Å²) < 4.78 is 0. The van der Waals surface area contributed by atoms with Crippen LogP contribution in [-0.4, -0.2) is 21.0 Å². The molecule has 0 radical (unpaired) electrons. The summed E-state index contributed by atoms with van der Waals surface area (Å²) in [7, 11) is 0. The molecule has 0 aromatic carbocycles. The van der Waals surface area contributed by atoms with Crippen molar-refractivity contribution in [3.8, 4) is 0 Å². The Labute approximate surface area is 111 Å². The summed E-state index contributed by atoms with van der Waals surface area (Å²) in [5, 5.41) is 3.36. The number of pyridine rings is 1. The maximum atomic E-state index is 11.6. The van der Waals surface area contributed by atoms with E-state index in [0.717, 1.165) is 11.4 Å². The fourth-order valence-corrected chi connectivity index (χ4v) is 1.95. The summed E-state index contributed by atoms with van der Waals surface area (Å²) in [5.74, 6) is 0.666. The highest BCUT2D eigenvalue weighted by molar-refractivity contribution is 5.12. The van der Waals surface area contributed by atoms with Crippen molar-refractivity contribution >= 4 is 0 Å². The number of H-pyrrole nitrogens is 1. The van der Waals surface area contributed by atoms with Crippen LogP contribution in [0.4, 0.5) is 0 Å². The van der Waals surface area contributed by atoms with Gasteiger partial charge >= 0.3 is 0 Å². The highest BCUT2D eigenvalue weighted by Gasteiger charge is 2.20. The van der Waals surface area contributed by atoms with Gasteiger partial charge in [-0.15, -0.1) is 0 Å². The van der Waals surface area contributed by atoms with Crippen LogP contribution in [-0.2, 0) is 13.0 Å². The topological polar surface area (TPSA) is 70.7 Å². The van der Waals surface area contributed by atoms with Crippen LogP contribution in [0.25, 0.3) is 0 Å². The predicted octanol–water partition coefficient (Wildman–Crippen LogP) is 1.01. The molecule has 3 rings (SSSR count). The van der Waals surface area contributed by atoms with Crippen LogP contribution in [0.5, 0.6) is 0 Å². The zero-order chi connectivity index (χ0) is 13.1. The second-order valence-corrected chi connectivity index (χ2v) is 4.84. The molecular formula is C14H16N4O. The van der Waals surface area contributed by atoms with Crippen molar-refractivity contribution in [2.24, 2.45) is 0 Å². The summed E-state index contributed by atoms with van der Waals surface area (Å²) in [5.41, 5.74) is 1.59. The molecule has 1 aliphatic rings. The zero-order valence-corrected chi connectivity index (χ0v) is 10.6. The first kappa shape index (κ1) is 12.0. The van der Waals surface area contributed by atoms with Gasteiger partial charge in [-0.1, -0.05) is 6.07 Å². The number of nitrogens with one attached hydrogen (secondary N) is 2. The first-order chi connectivity index (χ1) is 9.29. The number of hydrogen-bond donors (Lipinski definition) is 2. The third-order valence-electron chi connectivity index (χ3n) is 3.07. The smallest absolute Gasteiger partial charge is 0.251 e. The summed E-state index contributed by atoms with van der Waals surface area (Å²) in [6, 6.07) is 7.89. The van der Waals surface area contributed by atoms with Crippen LogP contribution >= 0.6 is 0 Å². The Morgan fingerprint density at radius 1 is 1.32 bits per heavy atom. The normalized spacial score (nSPS) is 14.5. The molecule has 0 aliphatic heterocycles. The number of hydrogen-bond acceptors (Lipinski definition) is 4. The molecule has 0 atom stereocenters. The van der Waals surface area contributed by atoms with Crippen molar-refractivity contribution in [3.05, 3.63) is 58.0 Å². The second kappa shape index (κ2) is 5.32. The molecule has 0 unspecified atom stereocenters. The minimum atomic E-state index is -0.103. The van der Waals surface area contributed by atoms with E-state index in [1.54, 1.807) is 12.3 Å². The Morgan fingerprint density at radius 2 is 2.21 bits per heavy atom. The van der Waals surface area contributed by atoms with Crippen LogP contribution in [0.1, 0.15) is 30.1 Å². The lowest BCUT2D eigenvalue weighted by atomic mass is 10.2. The van der Waals surface area contributed by atoms with Gasteiger partial charge in [-0.25, -0.2) is 4.98 Å². The summed E-state index contributed by atoms with van der Waals surface area (Å²) in [6.45, 7) is 0.657. The molecule has 0 saturated heterocycles. The van der Waals surface area contributed by atoms with Crippen molar-refractivity contribution in [2.45, 2.75) is 31.8 Å². The molecule has 0 bridgehead atoms. The van der Waals surface area contributed by atoms with Gasteiger partial charge in [-0.05, 0) is 25.0 Å². The Bertz CT molecular complexity index is 604. The van der Waals surface area contributed by atoms with E-state index in [1.807, 2.05) is 18.2 Å². The predicted molar refractivity (Wildman–Crippen MR) is 71.8 cm³/mol. The van der Waals surface area contributed by atoms with Gasteiger partial charge in [0.05, 0.1) is 5.69 Å². The molecule has 2 N–H and O–H groups in total. The molecule has 5 heteroatoms. The second-order valence-electron chi connectivity index (χ2n) is 4.84. The number of nitrogens with zero attached hydrogens (tertiary/aromatic N) is 2. The Kier molecular flexibility index (Phi) is 3.37. The van der Waals surface area contributed by atoms with Crippen LogP contribution in [0.3, 0.4) is 0 Å². The van der Waals surface area contributed by atoms with Crippen molar-refractivity contribution in [2.75, 3.05) is 0 Å². The monoisotopic (exact) mass is 256 g/mol. The van der Waals surface area contributed by atoms with E-state index in [0.29, 0.717) is 24.8 Å². The number of rotatable bonds is 5. The Balaban J connectivity index is 1.74. The van der Waals surface area contributed by atoms with Crippen LogP contribution < -0.4 is 10.9 Å². The lowest BCUT2D eigenvalue weighted by molar-refractivity contribution is 0.666. The average Bonchev–Trinajstić information content (AvgIpc) is 3.21. The SMILES string of the molecule is O=c1cc(CNC2CC2)nc(Cc2ccccn2)[nH]1. The highest BCUT2D eigenvalue weighted by atomic mass is 16.1. The van der Waals surface area contributed by atoms with Crippen LogP contribution in [0, 0.1) is 0 Å². The van der Waals surface area contributed by atoms with E-state index in [1.165, 1.54) is 12.8 Å². The molecule has 2 heterocycles. The number of aromatic nitrogens is 3. The van der Waals surface area contributed by atoms with Crippen molar-refractivity contribution in [1.82, 2.24) is 20.3 Å². The highest BCUT2D eigenvalue weighted by Crippen LogP contribution is 2.18. The average molecular weight is 256 g/mol. The third-order valence-corrected chi connectivity index (χ3v) is 3.07.